The van der Waals surface area contributed by atoms with Crippen molar-refractivity contribution in [1.82, 2.24) is 0 Å². The molecular formula is C19H18O7. The molecule has 0 fully saturated rings. The number of hydrogen-bond acceptors (Lipinski definition) is 6. The fourth-order valence-electron chi connectivity index (χ4n) is 3.30. The highest BCUT2D eigenvalue weighted by Crippen LogP contribution is 2.43. The second-order valence-electron chi connectivity index (χ2n) is 5.83. The summed E-state index contributed by atoms with van der Waals surface area (Å²) >= 11 is 0. The van der Waals surface area contributed by atoms with Crippen molar-refractivity contribution in [3.63, 3.8) is 0 Å². The predicted octanol–water partition coefficient (Wildman–Crippen LogP) is 3.70. The van der Waals surface area contributed by atoms with Gasteiger partial charge in [-0.2, -0.15) is 0 Å². The molecule has 1 N–H and O–H groups in total. The minimum Gasteiger partial charge on any atom is -0.496 e. The van der Waals surface area contributed by atoms with E-state index in [2.05, 4.69) is 0 Å². The molecule has 0 aliphatic rings. The first-order chi connectivity index (χ1) is 12.3. The lowest BCUT2D eigenvalue weighted by atomic mass is 9.97. The number of carboxylic acids is 1. The van der Waals surface area contributed by atoms with Crippen LogP contribution in [0.25, 0.3) is 21.9 Å². The molecule has 0 atom stereocenters. The minimum atomic E-state index is -1.12. The van der Waals surface area contributed by atoms with E-state index in [1.54, 1.807) is 19.9 Å². The third kappa shape index (κ3) is 2.35. The Kier molecular flexibility index (Phi) is 4.23. The summed E-state index contributed by atoms with van der Waals surface area (Å²) in [6, 6.07) is 3.20. The third-order valence-electron chi connectivity index (χ3n) is 4.45. The molecule has 0 radical (unpaired) electrons. The van der Waals surface area contributed by atoms with Crippen molar-refractivity contribution in [2.24, 2.45) is 0 Å². The number of benzene rings is 2. The Labute approximate surface area is 149 Å². The number of aromatic carboxylic acids is 1. The van der Waals surface area contributed by atoms with E-state index in [1.165, 1.54) is 27.4 Å². The summed E-state index contributed by atoms with van der Waals surface area (Å²) in [6.45, 7) is 3.41. The molecule has 3 rings (SSSR count). The monoisotopic (exact) mass is 358 g/mol. The number of carbonyl (C=O) groups excluding carboxylic acids is 1. The smallest absolute Gasteiger partial charge is 0.341 e. The van der Waals surface area contributed by atoms with Gasteiger partial charge in [-0.15, -0.1) is 0 Å². The zero-order valence-corrected chi connectivity index (χ0v) is 15.1. The van der Waals surface area contributed by atoms with Gasteiger partial charge in [0, 0.05) is 11.5 Å². The Morgan fingerprint density at radius 3 is 2.15 bits per heavy atom. The number of aryl methyl sites for hydroxylation is 2. The van der Waals surface area contributed by atoms with Gasteiger partial charge in [-0.05, 0) is 31.0 Å². The summed E-state index contributed by atoms with van der Waals surface area (Å²) < 4.78 is 21.5. The Morgan fingerprint density at radius 2 is 1.62 bits per heavy atom. The largest absolute Gasteiger partial charge is 0.496 e. The lowest BCUT2D eigenvalue weighted by molar-refractivity contribution is 0.0600. The molecule has 0 aliphatic heterocycles. The highest BCUT2D eigenvalue weighted by atomic mass is 16.5. The Morgan fingerprint density at radius 1 is 0.962 bits per heavy atom. The number of carboxylic acid groups (broad SMARTS) is 1. The number of ether oxygens (including phenoxy) is 3. The van der Waals surface area contributed by atoms with Crippen LogP contribution < -0.4 is 9.47 Å². The van der Waals surface area contributed by atoms with Gasteiger partial charge in [0.25, 0.3) is 0 Å². The van der Waals surface area contributed by atoms with Gasteiger partial charge >= 0.3 is 11.9 Å². The molecule has 1 heterocycles. The van der Waals surface area contributed by atoms with Crippen molar-refractivity contribution in [1.29, 1.82) is 0 Å². The van der Waals surface area contributed by atoms with Crippen LogP contribution in [0.4, 0.5) is 0 Å². The van der Waals surface area contributed by atoms with Crippen molar-refractivity contribution in [3.05, 3.63) is 34.4 Å². The predicted molar refractivity (Wildman–Crippen MR) is 94.6 cm³/mol. The zero-order valence-electron chi connectivity index (χ0n) is 15.1. The van der Waals surface area contributed by atoms with E-state index in [0.717, 1.165) is 0 Å². The van der Waals surface area contributed by atoms with Crippen LogP contribution in [-0.4, -0.2) is 38.4 Å². The number of furan rings is 1. The van der Waals surface area contributed by atoms with Gasteiger partial charge in [0.05, 0.1) is 26.7 Å². The number of fused-ring (bicyclic) bond motifs is 3. The van der Waals surface area contributed by atoms with Gasteiger partial charge in [-0.1, -0.05) is 0 Å². The first-order valence-corrected chi connectivity index (χ1v) is 7.78. The van der Waals surface area contributed by atoms with Gasteiger partial charge in [-0.3, -0.25) is 0 Å². The number of esters is 1. The molecule has 7 heteroatoms. The molecule has 2 aromatic carbocycles. The fraction of sp³-hybridized carbons (Fsp3) is 0.263. The molecule has 0 unspecified atom stereocenters. The molecule has 0 aliphatic carbocycles. The molecule has 0 saturated heterocycles. The Hall–Kier alpha value is -3.22. The van der Waals surface area contributed by atoms with Gasteiger partial charge in [-0.25, -0.2) is 9.59 Å². The third-order valence-corrected chi connectivity index (χ3v) is 4.45. The molecule has 7 nitrogen and oxygen atoms in total. The average Bonchev–Trinajstić information content (AvgIpc) is 2.98. The summed E-state index contributed by atoms with van der Waals surface area (Å²) in [6.07, 6.45) is 0. The van der Waals surface area contributed by atoms with E-state index < -0.39 is 11.9 Å². The lowest BCUT2D eigenvalue weighted by Gasteiger charge is -2.10. The molecular weight excluding hydrogens is 340 g/mol. The fourth-order valence-corrected chi connectivity index (χ4v) is 3.30. The Balaban J connectivity index is 2.60. The van der Waals surface area contributed by atoms with E-state index in [9.17, 15) is 14.7 Å². The molecule has 0 bridgehead atoms. The van der Waals surface area contributed by atoms with Crippen LogP contribution in [-0.2, 0) is 4.74 Å². The number of rotatable bonds is 4. The van der Waals surface area contributed by atoms with Crippen LogP contribution in [0.1, 0.15) is 31.8 Å². The lowest BCUT2D eigenvalue weighted by Crippen LogP contribution is -2.05. The van der Waals surface area contributed by atoms with Gasteiger partial charge in [0.1, 0.15) is 28.2 Å². The zero-order chi connectivity index (χ0) is 19.2. The minimum absolute atomic E-state index is 0.0324. The highest BCUT2D eigenvalue weighted by Gasteiger charge is 2.27. The molecule has 3 aromatic rings. The quantitative estimate of drug-likeness (QED) is 0.710. The van der Waals surface area contributed by atoms with Crippen LogP contribution in [0.2, 0.25) is 0 Å². The standard InChI is InChI=1S/C19H18O7/c1-8-6-10(23-3)16-14-9(2)15(18(20)21)11(24-4)7-12(14)26-17(16)13(8)19(22)25-5/h6-7H,1-5H3,(H,20,21). The van der Waals surface area contributed by atoms with Crippen molar-refractivity contribution in [2.45, 2.75) is 13.8 Å². The normalized spacial score (nSPS) is 11.0. The molecule has 26 heavy (non-hydrogen) atoms. The summed E-state index contributed by atoms with van der Waals surface area (Å²) in [5, 5.41) is 10.7. The van der Waals surface area contributed by atoms with Crippen LogP contribution in [0.5, 0.6) is 11.5 Å². The SMILES string of the molecule is COC(=O)c1c(C)cc(OC)c2c1oc1cc(OC)c(C(=O)O)c(C)c12. The molecule has 1 aromatic heterocycles. The van der Waals surface area contributed by atoms with Crippen LogP contribution in [0.3, 0.4) is 0 Å². The van der Waals surface area contributed by atoms with E-state index in [0.29, 0.717) is 33.2 Å². The highest BCUT2D eigenvalue weighted by molar-refractivity contribution is 6.18. The van der Waals surface area contributed by atoms with E-state index in [4.69, 9.17) is 18.6 Å². The van der Waals surface area contributed by atoms with Gasteiger partial charge < -0.3 is 23.7 Å². The second-order valence-corrected chi connectivity index (χ2v) is 5.83. The van der Waals surface area contributed by atoms with Gasteiger partial charge in [0.15, 0.2) is 5.58 Å². The summed E-state index contributed by atoms with van der Waals surface area (Å²) in [4.78, 5) is 24.0. The van der Waals surface area contributed by atoms with Crippen LogP contribution in [0, 0.1) is 13.8 Å². The van der Waals surface area contributed by atoms with E-state index in [-0.39, 0.29) is 22.5 Å². The van der Waals surface area contributed by atoms with E-state index in [1.807, 2.05) is 0 Å². The molecule has 0 spiro atoms. The topological polar surface area (TPSA) is 95.2 Å². The first-order valence-electron chi connectivity index (χ1n) is 7.78. The number of methoxy groups -OCH3 is 3. The molecule has 0 saturated carbocycles. The van der Waals surface area contributed by atoms with E-state index >= 15 is 0 Å². The maximum Gasteiger partial charge on any atom is 0.341 e. The van der Waals surface area contributed by atoms with Crippen molar-refractivity contribution in [2.75, 3.05) is 21.3 Å². The molecule has 136 valence electrons. The average molecular weight is 358 g/mol. The Bertz CT molecular complexity index is 1060. The molecule has 0 amide bonds. The van der Waals surface area contributed by atoms with Crippen molar-refractivity contribution in [3.8, 4) is 11.5 Å². The maximum atomic E-state index is 12.3. The first kappa shape index (κ1) is 17.6. The summed E-state index contributed by atoms with van der Waals surface area (Å²) in [5.74, 6) is -1.00. The summed E-state index contributed by atoms with van der Waals surface area (Å²) in [5.41, 5.74) is 2.08. The van der Waals surface area contributed by atoms with Gasteiger partial charge in [0.2, 0.25) is 0 Å². The van der Waals surface area contributed by atoms with Crippen molar-refractivity contribution < 1.29 is 33.3 Å². The number of carbonyl (C=O) groups is 2. The second kappa shape index (κ2) is 6.25. The summed E-state index contributed by atoms with van der Waals surface area (Å²) in [7, 11) is 4.18. The van der Waals surface area contributed by atoms with Crippen molar-refractivity contribution >= 4 is 33.9 Å². The van der Waals surface area contributed by atoms with Crippen LogP contribution in [0.15, 0.2) is 16.5 Å². The maximum absolute atomic E-state index is 12.3. The van der Waals surface area contributed by atoms with Crippen LogP contribution >= 0.6 is 0 Å². The number of hydrogen-bond donors (Lipinski definition) is 1.